The maximum absolute atomic E-state index is 3.78. The molecule has 0 aliphatic carbocycles. The molecular formula is C9H16N. The van der Waals surface area contributed by atoms with E-state index < -0.39 is 0 Å². The number of allylic oxidation sites excluding steroid dienone is 1. The molecule has 1 rings (SSSR count). The molecule has 0 spiro atoms. The Bertz CT molecular complexity index is 101. The molecule has 1 N–H and O–H groups in total. The Morgan fingerprint density at radius 2 is 2.50 bits per heavy atom. The van der Waals surface area contributed by atoms with Gasteiger partial charge in [-0.3, -0.25) is 0 Å². The van der Waals surface area contributed by atoms with Crippen molar-refractivity contribution in [1.82, 2.24) is 5.32 Å². The quantitative estimate of drug-likeness (QED) is 0.587. The highest BCUT2D eigenvalue weighted by atomic mass is 14.9. The van der Waals surface area contributed by atoms with Crippen molar-refractivity contribution in [3.05, 3.63) is 19.1 Å². The summed E-state index contributed by atoms with van der Waals surface area (Å²) in [6, 6.07) is 0.659. The van der Waals surface area contributed by atoms with Crippen molar-refractivity contribution < 1.29 is 0 Å². The molecule has 1 aliphatic heterocycles. The summed E-state index contributed by atoms with van der Waals surface area (Å²) in [5.41, 5.74) is 0. The standard InChI is InChI=1S/C9H16N/c1-2-3-4-6-9-7-5-8-10-9/h4,6,9-10H,1-3,5,7-8H2. The monoisotopic (exact) mass is 138 g/mol. The minimum atomic E-state index is 0.659. The average molecular weight is 138 g/mol. The molecule has 0 aromatic heterocycles. The van der Waals surface area contributed by atoms with E-state index in [0.29, 0.717) is 6.04 Å². The predicted molar refractivity (Wildman–Crippen MR) is 44.8 cm³/mol. The summed E-state index contributed by atoms with van der Waals surface area (Å²) in [7, 11) is 0. The molecule has 0 bridgehead atoms. The highest BCUT2D eigenvalue weighted by Gasteiger charge is 2.08. The fourth-order valence-corrected chi connectivity index (χ4v) is 1.25. The Hall–Kier alpha value is -0.300. The second-order valence-corrected chi connectivity index (χ2v) is 2.77. The van der Waals surface area contributed by atoms with Crippen LogP contribution < -0.4 is 5.32 Å². The van der Waals surface area contributed by atoms with Crippen LogP contribution in [-0.2, 0) is 0 Å². The minimum absolute atomic E-state index is 0.659. The molecule has 1 saturated heterocycles. The lowest BCUT2D eigenvalue weighted by Gasteiger charge is -2.00. The van der Waals surface area contributed by atoms with Gasteiger partial charge in [0.2, 0.25) is 0 Å². The zero-order valence-corrected chi connectivity index (χ0v) is 6.47. The van der Waals surface area contributed by atoms with E-state index in [2.05, 4.69) is 24.4 Å². The lowest BCUT2D eigenvalue weighted by atomic mass is 10.2. The van der Waals surface area contributed by atoms with E-state index in [4.69, 9.17) is 0 Å². The maximum atomic E-state index is 3.78. The molecule has 1 heteroatoms. The van der Waals surface area contributed by atoms with Gasteiger partial charge in [0.05, 0.1) is 0 Å². The van der Waals surface area contributed by atoms with Gasteiger partial charge in [-0.05, 0) is 32.2 Å². The first-order chi connectivity index (χ1) is 4.93. The van der Waals surface area contributed by atoms with Gasteiger partial charge in [-0.25, -0.2) is 0 Å². The molecule has 0 aromatic carbocycles. The number of unbranched alkanes of at least 4 members (excludes halogenated alkanes) is 1. The van der Waals surface area contributed by atoms with Gasteiger partial charge < -0.3 is 5.32 Å². The van der Waals surface area contributed by atoms with Crippen LogP contribution in [-0.4, -0.2) is 12.6 Å². The van der Waals surface area contributed by atoms with Gasteiger partial charge in [-0.1, -0.05) is 19.1 Å². The summed E-state index contributed by atoms with van der Waals surface area (Å²) in [5.74, 6) is 0. The third kappa shape index (κ3) is 2.53. The summed E-state index contributed by atoms with van der Waals surface area (Å²) < 4.78 is 0. The lowest BCUT2D eigenvalue weighted by Crippen LogP contribution is -2.17. The van der Waals surface area contributed by atoms with Crippen molar-refractivity contribution in [3.8, 4) is 0 Å². The third-order valence-electron chi connectivity index (χ3n) is 1.84. The third-order valence-corrected chi connectivity index (χ3v) is 1.84. The Morgan fingerprint density at radius 1 is 1.60 bits per heavy atom. The van der Waals surface area contributed by atoms with Crippen LogP contribution in [0.1, 0.15) is 25.7 Å². The van der Waals surface area contributed by atoms with Crippen molar-refractivity contribution in [1.29, 1.82) is 0 Å². The van der Waals surface area contributed by atoms with E-state index in [-0.39, 0.29) is 0 Å². The summed E-state index contributed by atoms with van der Waals surface area (Å²) in [4.78, 5) is 0. The van der Waals surface area contributed by atoms with Crippen LogP contribution in [0.25, 0.3) is 0 Å². The second kappa shape index (κ2) is 4.51. The number of hydrogen-bond acceptors (Lipinski definition) is 1. The molecule has 1 atom stereocenters. The molecule has 57 valence electrons. The molecule has 1 aliphatic rings. The Morgan fingerprint density at radius 3 is 3.10 bits per heavy atom. The first kappa shape index (κ1) is 7.80. The fraction of sp³-hybridized carbons (Fsp3) is 0.667. The maximum Gasteiger partial charge on any atom is 0.0250 e. The predicted octanol–water partition coefficient (Wildman–Crippen LogP) is 1.91. The van der Waals surface area contributed by atoms with Crippen LogP contribution in [0.5, 0.6) is 0 Å². The van der Waals surface area contributed by atoms with Gasteiger partial charge in [0.15, 0.2) is 0 Å². The van der Waals surface area contributed by atoms with Crippen LogP contribution >= 0.6 is 0 Å². The number of hydrogen-bond donors (Lipinski definition) is 1. The molecule has 0 saturated carbocycles. The van der Waals surface area contributed by atoms with Crippen molar-refractivity contribution in [2.75, 3.05) is 6.54 Å². The van der Waals surface area contributed by atoms with Gasteiger partial charge in [0.25, 0.3) is 0 Å². The van der Waals surface area contributed by atoms with Gasteiger partial charge in [-0.2, -0.15) is 0 Å². The zero-order valence-electron chi connectivity index (χ0n) is 6.47. The van der Waals surface area contributed by atoms with E-state index in [1.54, 1.807) is 0 Å². The lowest BCUT2D eigenvalue weighted by molar-refractivity contribution is 0.724. The van der Waals surface area contributed by atoms with Crippen LogP contribution in [0.4, 0.5) is 0 Å². The fourth-order valence-electron chi connectivity index (χ4n) is 1.25. The topological polar surface area (TPSA) is 12.0 Å². The highest BCUT2D eigenvalue weighted by Crippen LogP contribution is 2.06. The van der Waals surface area contributed by atoms with Gasteiger partial charge in [0, 0.05) is 6.04 Å². The molecular weight excluding hydrogens is 122 g/mol. The van der Waals surface area contributed by atoms with Crippen molar-refractivity contribution >= 4 is 0 Å². The zero-order chi connectivity index (χ0) is 7.23. The summed E-state index contributed by atoms with van der Waals surface area (Å²) in [6.45, 7) is 4.97. The summed E-state index contributed by atoms with van der Waals surface area (Å²) in [6.07, 6.45) is 9.29. The molecule has 1 fully saturated rings. The van der Waals surface area contributed by atoms with E-state index in [1.165, 1.54) is 19.4 Å². The van der Waals surface area contributed by atoms with E-state index >= 15 is 0 Å². The number of nitrogens with one attached hydrogen (secondary N) is 1. The normalized spacial score (nSPS) is 26.3. The van der Waals surface area contributed by atoms with E-state index in [9.17, 15) is 0 Å². The van der Waals surface area contributed by atoms with Gasteiger partial charge >= 0.3 is 0 Å². The Labute approximate surface area is 63.5 Å². The van der Waals surface area contributed by atoms with Crippen molar-refractivity contribution in [2.45, 2.75) is 31.7 Å². The van der Waals surface area contributed by atoms with Crippen molar-refractivity contribution in [3.63, 3.8) is 0 Å². The molecule has 1 radical (unpaired) electrons. The molecule has 0 amide bonds. The SMILES string of the molecule is [CH2]CCC=CC1CCCN1. The smallest absolute Gasteiger partial charge is 0.0250 e. The average Bonchev–Trinajstić information content (AvgIpc) is 2.41. The molecule has 1 nitrogen and oxygen atoms in total. The molecule has 10 heavy (non-hydrogen) atoms. The van der Waals surface area contributed by atoms with Crippen LogP contribution in [0, 0.1) is 6.92 Å². The van der Waals surface area contributed by atoms with Crippen LogP contribution in [0.3, 0.4) is 0 Å². The summed E-state index contributed by atoms with van der Waals surface area (Å²) >= 11 is 0. The van der Waals surface area contributed by atoms with E-state index in [0.717, 1.165) is 12.8 Å². The van der Waals surface area contributed by atoms with Gasteiger partial charge in [-0.15, -0.1) is 0 Å². The van der Waals surface area contributed by atoms with Crippen molar-refractivity contribution in [2.24, 2.45) is 0 Å². The number of rotatable bonds is 3. The van der Waals surface area contributed by atoms with Crippen LogP contribution in [0.2, 0.25) is 0 Å². The van der Waals surface area contributed by atoms with E-state index in [1.807, 2.05) is 0 Å². The largest absolute Gasteiger partial charge is 0.311 e. The highest BCUT2D eigenvalue weighted by molar-refractivity contribution is 4.95. The first-order valence-electron chi connectivity index (χ1n) is 4.13. The minimum Gasteiger partial charge on any atom is -0.311 e. The Kier molecular flexibility index (Phi) is 3.52. The second-order valence-electron chi connectivity index (χ2n) is 2.77. The Balaban J connectivity index is 2.10. The summed E-state index contributed by atoms with van der Waals surface area (Å²) in [5, 5.41) is 3.41. The first-order valence-corrected chi connectivity index (χ1v) is 4.13. The molecule has 0 aromatic rings. The molecule has 1 heterocycles. The molecule has 1 unspecified atom stereocenters. The van der Waals surface area contributed by atoms with Gasteiger partial charge in [0.1, 0.15) is 0 Å². The van der Waals surface area contributed by atoms with Crippen LogP contribution in [0.15, 0.2) is 12.2 Å².